The molecule has 4 nitrogen and oxygen atoms in total. The number of hydrogen-bond acceptors (Lipinski definition) is 3. The van der Waals surface area contributed by atoms with Gasteiger partial charge in [-0.05, 0) is 91.6 Å². The van der Waals surface area contributed by atoms with Crippen molar-refractivity contribution in [1.29, 1.82) is 5.26 Å². The first-order valence-electron chi connectivity index (χ1n) is 16.6. The van der Waals surface area contributed by atoms with Gasteiger partial charge in [0.2, 0.25) is 0 Å². The van der Waals surface area contributed by atoms with Crippen molar-refractivity contribution in [2.24, 2.45) is 5.73 Å². The first-order chi connectivity index (χ1) is 21.4. The quantitative estimate of drug-likeness (QED) is 0.275. The number of quaternary nitrogens is 1. The summed E-state index contributed by atoms with van der Waals surface area (Å²) in [5, 5.41) is 9.20. The Morgan fingerprint density at radius 1 is 0.633 bits per heavy atom. The Kier molecular flexibility index (Phi) is 19.8. The summed E-state index contributed by atoms with van der Waals surface area (Å²) in [6.07, 6.45) is 13.9. The van der Waals surface area contributed by atoms with Crippen molar-refractivity contribution in [1.82, 2.24) is 0 Å². The summed E-state index contributed by atoms with van der Waals surface area (Å²) in [4.78, 5) is 0. The van der Waals surface area contributed by atoms with Crippen LogP contribution < -0.4 is 24.6 Å². The molecule has 0 spiro atoms. The molecule has 0 unspecified atom stereocenters. The molecule has 0 aliphatic heterocycles. The van der Waals surface area contributed by atoms with E-state index in [0.717, 1.165) is 55.1 Å². The van der Waals surface area contributed by atoms with Crippen LogP contribution in [0.25, 0.3) is 0 Å². The fourth-order valence-corrected chi connectivity index (χ4v) is 7.98. The monoisotopic (exact) mass is 689 g/mol. The van der Waals surface area contributed by atoms with Crippen LogP contribution in [0.15, 0.2) is 72.8 Å². The topological polar surface area (TPSA) is 79.8 Å². The van der Waals surface area contributed by atoms with Gasteiger partial charge in [-0.15, -0.1) is 0 Å². The molecule has 0 saturated heterocycles. The number of benzene rings is 3. The van der Waals surface area contributed by atoms with E-state index in [1.807, 2.05) is 24.3 Å². The second-order valence-electron chi connectivity index (χ2n) is 14.5. The van der Waals surface area contributed by atoms with Gasteiger partial charge in [0.25, 0.3) is 0 Å². The van der Waals surface area contributed by atoms with E-state index in [0.29, 0.717) is 6.54 Å². The molecule has 49 heavy (non-hydrogen) atoms. The van der Waals surface area contributed by atoms with Gasteiger partial charge in [0.1, 0.15) is 17.5 Å². The van der Waals surface area contributed by atoms with Crippen LogP contribution in [0.4, 0.5) is 13.2 Å². The van der Waals surface area contributed by atoms with Gasteiger partial charge in [-0.1, -0.05) is 82.3 Å². The maximum absolute atomic E-state index is 13.0. The fourth-order valence-electron chi connectivity index (χ4n) is 7.98. The Hall–Kier alpha value is -2.05. The standard InChI is InChI=1S/C15H23FN.C12H16FN.C12H12FN.CH4.Al.Li.H2O.4H/c1-17(2,3)12-15(10-4-5-11-15)13-6-8-14(16)9-7-13;2*13-11-5-3-10(4-6-11)12(9-14)7-1-2-8-12;;;;;;;;/h6-9H,4-5,10-12H2,1-3H3;3-6H,1-2,7-9,14H2;3-6H,1-2,7-8H2;1H4;;;1H2;;;;/q+1;;;;;+1;;;;;-1/p-1. The molecule has 3 aromatic rings. The Morgan fingerprint density at radius 2 is 0.939 bits per heavy atom. The second kappa shape index (κ2) is 20.7. The van der Waals surface area contributed by atoms with E-state index in [1.165, 1.54) is 73.9 Å². The molecule has 3 aliphatic rings. The minimum Gasteiger partial charge on any atom is -1.00 e. The zero-order valence-electron chi connectivity index (χ0n) is 29.9. The van der Waals surface area contributed by atoms with Gasteiger partial charge in [0.15, 0.2) is 17.4 Å². The van der Waals surface area contributed by atoms with Gasteiger partial charge < -0.3 is 17.1 Å². The summed E-state index contributed by atoms with van der Waals surface area (Å²) in [6, 6.07) is 22.7. The summed E-state index contributed by atoms with van der Waals surface area (Å²) >= 11 is 0. The maximum Gasteiger partial charge on any atom is 1.00 e. The summed E-state index contributed by atoms with van der Waals surface area (Å²) in [7, 11) is 6.72. The molecule has 266 valence electrons. The maximum atomic E-state index is 13.0. The largest absolute Gasteiger partial charge is 1.00 e. The van der Waals surface area contributed by atoms with Crippen LogP contribution in [-0.4, -0.2) is 61.6 Å². The number of nitriles is 1. The summed E-state index contributed by atoms with van der Waals surface area (Å²) in [5.41, 5.74) is 9.41. The third kappa shape index (κ3) is 12.3. The average molecular weight is 690 g/mol. The van der Waals surface area contributed by atoms with Crippen LogP contribution in [0.1, 0.15) is 103 Å². The summed E-state index contributed by atoms with van der Waals surface area (Å²) in [5.74, 6) is -0.536. The van der Waals surface area contributed by atoms with Crippen molar-refractivity contribution < 1.29 is 43.4 Å². The summed E-state index contributed by atoms with van der Waals surface area (Å²) < 4.78 is 39.5. The van der Waals surface area contributed by atoms with E-state index in [2.05, 4.69) is 27.2 Å². The van der Waals surface area contributed by atoms with Crippen LogP contribution in [0.3, 0.4) is 0 Å². The van der Waals surface area contributed by atoms with E-state index in [1.54, 1.807) is 24.3 Å². The molecule has 3 aromatic carbocycles. The zero-order chi connectivity index (χ0) is 32.6. The van der Waals surface area contributed by atoms with E-state index in [4.69, 9.17) is 5.73 Å². The summed E-state index contributed by atoms with van der Waals surface area (Å²) in [6.45, 7) is 1.82. The number of rotatable bonds is 6. The van der Waals surface area contributed by atoms with Crippen molar-refractivity contribution in [2.45, 2.75) is 101 Å². The van der Waals surface area contributed by atoms with E-state index in [-0.39, 0.29) is 84.2 Å². The minimum absolute atomic E-state index is 0. The Morgan fingerprint density at radius 3 is 1.27 bits per heavy atom. The predicted octanol–water partition coefficient (Wildman–Crippen LogP) is 5.49. The van der Waals surface area contributed by atoms with Crippen LogP contribution in [0.2, 0.25) is 0 Å². The minimum atomic E-state index is -0.340. The van der Waals surface area contributed by atoms with Crippen molar-refractivity contribution in [3.63, 3.8) is 0 Å². The Bertz CT molecular complexity index is 1400. The molecule has 6 rings (SSSR count). The molecular weight excluding hydrogens is 629 g/mol. The molecule has 0 bridgehead atoms. The molecule has 0 aromatic heterocycles. The average Bonchev–Trinajstić information content (AvgIpc) is 3.81. The number of hydrogen-bond donors (Lipinski definition) is 1. The molecule has 0 heterocycles. The SMILES string of the molecule is C.C[N+](C)(C)CC1(c2ccc(F)cc2)CCCC1.N#CC1(c2ccc(F)cc2)CCCC1.NCC1(c2ccc(F)cc2)CCCC1.[AlH3].[H-].[Li+].[OH-]. The van der Waals surface area contributed by atoms with Crippen LogP contribution in [0, 0.1) is 28.8 Å². The molecule has 3 saturated carbocycles. The van der Waals surface area contributed by atoms with Crippen molar-refractivity contribution in [2.75, 3.05) is 34.2 Å². The van der Waals surface area contributed by atoms with E-state index in [9.17, 15) is 18.4 Å². The Labute approximate surface area is 318 Å². The van der Waals surface area contributed by atoms with Gasteiger partial charge >= 0.3 is 18.9 Å². The van der Waals surface area contributed by atoms with Gasteiger partial charge in [-0.3, -0.25) is 0 Å². The molecule has 0 amide bonds. The first kappa shape index (κ1) is 46.9. The normalized spacial score (nSPS) is 17.9. The molecule has 3 aliphatic carbocycles. The third-order valence-corrected chi connectivity index (χ3v) is 10.3. The number of nitrogens with two attached hydrogens (primary N) is 1. The molecule has 3 fully saturated rings. The molecule has 0 radical (unpaired) electrons. The molecular formula is C40H60AlF3LiN3O. The first-order valence-corrected chi connectivity index (χ1v) is 16.6. The predicted molar refractivity (Wildman–Crippen MR) is 197 cm³/mol. The second-order valence-corrected chi connectivity index (χ2v) is 14.5. The third-order valence-electron chi connectivity index (χ3n) is 10.3. The zero-order valence-corrected chi connectivity index (χ0v) is 28.9. The van der Waals surface area contributed by atoms with Crippen molar-refractivity contribution >= 4 is 17.4 Å². The molecule has 9 heteroatoms. The fraction of sp³-hybridized carbons (Fsp3) is 0.525. The van der Waals surface area contributed by atoms with E-state index < -0.39 is 0 Å². The van der Waals surface area contributed by atoms with E-state index >= 15 is 0 Å². The van der Waals surface area contributed by atoms with Gasteiger partial charge in [-0.25, -0.2) is 13.2 Å². The number of likely N-dealkylation sites (N-methyl/N-ethyl adjacent to an activating group) is 1. The van der Waals surface area contributed by atoms with Crippen LogP contribution in [0.5, 0.6) is 0 Å². The molecule has 3 N–H and O–H groups in total. The Balaban J connectivity index is 0. The number of halogens is 3. The van der Waals surface area contributed by atoms with Crippen molar-refractivity contribution in [3.05, 3.63) is 107 Å². The van der Waals surface area contributed by atoms with Gasteiger partial charge in [0.05, 0.1) is 39.2 Å². The van der Waals surface area contributed by atoms with Crippen molar-refractivity contribution in [3.8, 4) is 6.07 Å². The molecule has 0 atom stereocenters. The van der Waals surface area contributed by atoms with Crippen LogP contribution in [-0.2, 0) is 16.2 Å². The number of nitrogens with zero attached hydrogens (tertiary/aromatic N) is 2. The van der Waals surface area contributed by atoms with Gasteiger partial charge in [-0.2, -0.15) is 5.26 Å². The smallest absolute Gasteiger partial charge is 1.00 e. The van der Waals surface area contributed by atoms with Crippen LogP contribution >= 0.6 is 0 Å². The van der Waals surface area contributed by atoms with Gasteiger partial charge in [0, 0.05) is 17.4 Å².